The Labute approximate surface area is 97.4 Å². The molecule has 0 aliphatic heterocycles. The molecule has 2 aromatic rings. The van der Waals surface area contributed by atoms with E-state index in [1.165, 1.54) is 11.3 Å². The van der Waals surface area contributed by atoms with Crippen LogP contribution in [0.3, 0.4) is 0 Å². The zero-order valence-electron chi connectivity index (χ0n) is 8.51. The highest BCUT2D eigenvalue weighted by molar-refractivity contribution is 7.12. The highest BCUT2D eigenvalue weighted by atomic mass is 32.1. The summed E-state index contributed by atoms with van der Waals surface area (Å²) in [7, 11) is 0. The number of carbonyl (C=O) groups is 1. The molecule has 1 heterocycles. The van der Waals surface area contributed by atoms with Crippen molar-refractivity contribution in [2.45, 2.75) is 6.54 Å². The van der Waals surface area contributed by atoms with Crippen molar-refractivity contribution < 1.29 is 9.90 Å². The molecule has 0 aliphatic rings. The summed E-state index contributed by atoms with van der Waals surface area (Å²) in [5, 5.41) is 13.8. The molecule has 16 heavy (non-hydrogen) atoms. The first kappa shape index (κ1) is 10.7. The van der Waals surface area contributed by atoms with Crippen molar-refractivity contribution in [2.75, 3.05) is 0 Å². The number of hydrogen-bond acceptors (Lipinski definition) is 3. The van der Waals surface area contributed by atoms with Gasteiger partial charge in [-0.2, -0.15) is 0 Å². The van der Waals surface area contributed by atoms with Crippen molar-refractivity contribution >= 4 is 17.2 Å². The number of nitrogens with one attached hydrogen (secondary N) is 1. The maximum absolute atomic E-state index is 11.6. The second-order valence-corrected chi connectivity index (χ2v) is 4.27. The van der Waals surface area contributed by atoms with Crippen LogP contribution in [0.15, 0.2) is 41.8 Å². The summed E-state index contributed by atoms with van der Waals surface area (Å²) < 4.78 is 0. The Morgan fingerprint density at radius 2 is 2.00 bits per heavy atom. The maximum atomic E-state index is 11.6. The zero-order valence-corrected chi connectivity index (χ0v) is 9.33. The summed E-state index contributed by atoms with van der Waals surface area (Å²) in [6, 6.07) is 10.4. The lowest BCUT2D eigenvalue weighted by Crippen LogP contribution is -2.21. The van der Waals surface area contributed by atoms with Gasteiger partial charge in [0.25, 0.3) is 5.91 Å². The molecule has 0 fully saturated rings. The van der Waals surface area contributed by atoms with Crippen LogP contribution in [0.5, 0.6) is 5.75 Å². The fraction of sp³-hybridized carbons (Fsp3) is 0.0833. The summed E-state index contributed by atoms with van der Waals surface area (Å²) in [5.74, 6) is 0.163. The molecule has 1 aromatic carbocycles. The van der Waals surface area contributed by atoms with Crippen molar-refractivity contribution in [3.63, 3.8) is 0 Å². The number of phenols is 1. The number of thiophene rings is 1. The average molecular weight is 233 g/mol. The van der Waals surface area contributed by atoms with E-state index in [0.717, 1.165) is 5.56 Å². The Bertz CT molecular complexity index is 462. The van der Waals surface area contributed by atoms with Gasteiger partial charge in [-0.1, -0.05) is 18.2 Å². The van der Waals surface area contributed by atoms with E-state index >= 15 is 0 Å². The molecule has 2 N–H and O–H groups in total. The Balaban J connectivity index is 1.93. The molecule has 0 aliphatic carbocycles. The zero-order chi connectivity index (χ0) is 11.4. The Hall–Kier alpha value is -1.81. The number of benzene rings is 1. The fourth-order valence-electron chi connectivity index (χ4n) is 1.29. The van der Waals surface area contributed by atoms with Crippen LogP contribution >= 0.6 is 11.3 Å². The third-order valence-electron chi connectivity index (χ3n) is 2.13. The van der Waals surface area contributed by atoms with Gasteiger partial charge in [-0.25, -0.2) is 0 Å². The van der Waals surface area contributed by atoms with Gasteiger partial charge in [0.05, 0.1) is 4.88 Å². The third-order valence-corrected chi connectivity index (χ3v) is 3.00. The largest absolute Gasteiger partial charge is 0.508 e. The first-order chi connectivity index (χ1) is 7.75. The molecule has 3 nitrogen and oxygen atoms in total. The Morgan fingerprint density at radius 3 is 2.62 bits per heavy atom. The number of hydrogen-bond donors (Lipinski definition) is 2. The van der Waals surface area contributed by atoms with Crippen LogP contribution < -0.4 is 5.32 Å². The summed E-state index contributed by atoms with van der Waals surface area (Å²) >= 11 is 1.42. The van der Waals surface area contributed by atoms with E-state index < -0.39 is 0 Å². The molecule has 0 bridgehead atoms. The molecule has 1 amide bonds. The summed E-state index contributed by atoms with van der Waals surface area (Å²) in [6.45, 7) is 0.469. The second kappa shape index (κ2) is 4.81. The molecule has 4 heteroatoms. The number of rotatable bonds is 3. The normalized spacial score (nSPS) is 10.0. The van der Waals surface area contributed by atoms with Crippen molar-refractivity contribution in [3.8, 4) is 5.75 Å². The van der Waals surface area contributed by atoms with Gasteiger partial charge in [0.2, 0.25) is 0 Å². The monoisotopic (exact) mass is 233 g/mol. The quantitative estimate of drug-likeness (QED) is 0.855. The van der Waals surface area contributed by atoms with Crippen LogP contribution in [-0.2, 0) is 6.54 Å². The standard InChI is InChI=1S/C12H11NO2S/c14-10-5-3-9(4-6-10)8-13-12(15)11-2-1-7-16-11/h1-7,14H,8H2,(H,13,15). The van der Waals surface area contributed by atoms with Crippen LogP contribution in [0.4, 0.5) is 0 Å². The van der Waals surface area contributed by atoms with E-state index in [0.29, 0.717) is 11.4 Å². The van der Waals surface area contributed by atoms with Gasteiger partial charge in [-0.15, -0.1) is 11.3 Å². The van der Waals surface area contributed by atoms with Gasteiger partial charge < -0.3 is 10.4 Å². The highest BCUT2D eigenvalue weighted by Crippen LogP contribution is 2.11. The predicted molar refractivity (Wildman–Crippen MR) is 63.6 cm³/mol. The molecule has 0 spiro atoms. The molecular formula is C12H11NO2S. The molecule has 0 saturated carbocycles. The van der Waals surface area contributed by atoms with Crippen LogP contribution in [0.25, 0.3) is 0 Å². The van der Waals surface area contributed by atoms with Gasteiger partial charge in [-0.3, -0.25) is 4.79 Å². The smallest absolute Gasteiger partial charge is 0.261 e. The average Bonchev–Trinajstić information content (AvgIpc) is 2.81. The van der Waals surface area contributed by atoms with Gasteiger partial charge in [-0.05, 0) is 29.1 Å². The number of carbonyl (C=O) groups excluding carboxylic acids is 1. The van der Waals surface area contributed by atoms with E-state index in [9.17, 15) is 4.79 Å². The minimum atomic E-state index is -0.0666. The summed E-state index contributed by atoms with van der Waals surface area (Å²) in [4.78, 5) is 12.3. The molecule has 2 rings (SSSR count). The third kappa shape index (κ3) is 2.61. The van der Waals surface area contributed by atoms with Crippen LogP contribution in [0, 0.1) is 0 Å². The lowest BCUT2D eigenvalue weighted by molar-refractivity contribution is 0.0955. The van der Waals surface area contributed by atoms with Crippen molar-refractivity contribution in [2.24, 2.45) is 0 Å². The van der Waals surface area contributed by atoms with Crippen molar-refractivity contribution in [1.29, 1.82) is 0 Å². The van der Waals surface area contributed by atoms with Gasteiger partial charge >= 0.3 is 0 Å². The predicted octanol–water partition coefficient (Wildman–Crippen LogP) is 2.38. The topological polar surface area (TPSA) is 49.3 Å². The highest BCUT2D eigenvalue weighted by Gasteiger charge is 2.05. The van der Waals surface area contributed by atoms with E-state index in [1.807, 2.05) is 11.4 Å². The Kier molecular flexibility index (Phi) is 3.22. The van der Waals surface area contributed by atoms with Gasteiger partial charge in [0, 0.05) is 6.54 Å². The molecular weight excluding hydrogens is 222 g/mol. The first-order valence-electron chi connectivity index (χ1n) is 4.85. The van der Waals surface area contributed by atoms with Crippen LogP contribution in [0.2, 0.25) is 0 Å². The SMILES string of the molecule is O=C(NCc1ccc(O)cc1)c1cccs1. The van der Waals surface area contributed by atoms with Crippen LogP contribution in [-0.4, -0.2) is 11.0 Å². The van der Waals surface area contributed by atoms with Crippen molar-refractivity contribution in [1.82, 2.24) is 5.32 Å². The second-order valence-electron chi connectivity index (χ2n) is 3.33. The number of phenolic OH excluding ortho intramolecular Hbond substituents is 1. The molecule has 0 radical (unpaired) electrons. The van der Waals surface area contributed by atoms with E-state index in [-0.39, 0.29) is 11.7 Å². The Morgan fingerprint density at radius 1 is 1.25 bits per heavy atom. The lowest BCUT2D eigenvalue weighted by atomic mass is 10.2. The number of aromatic hydroxyl groups is 1. The molecule has 0 unspecified atom stereocenters. The number of amides is 1. The summed E-state index contributed by atoms with van der Waals surface area (Å²) in [6.07, 6.45) is 0. The van der Waals surface area contributed by atoms with E-state index in [2.05, 4.69) is 5.32 Å². The lowest BCUT2D eigenvalue weighted by Gasteiger charge is -2.03. The molecule has 0 saturated heterocycles. The van der Waals surface area contributed by atoms with Gasteiger partial charge in [0.15, 0.2) is 0 Å². The van der Waals surface area contributed by atoms with Crippen molar-refractivity contribution in [3.05, 3.63) is 52.2 Å². The van der Waals surface area contributed by atoms with Gasteiger partial charge in [0.1, 0.15) is 5.75 Å². The minimum Gasteiger partial charge on any atom is -0.508 e. The van der Waals surface area contributed by atoms with Crippen LogP contribution in [0.1, 0.15) is 15.2 Å². The first-order valence-corrected chi connectivity index (χ1v) is 5.73. The molecule has 0 atom stereocenters. The maximum Gasteiger partial charge on any atom is 0.261 e. The summed E-state index contributed by atoms with van der Waals surface area (Å²) in [5.41, 5.74) is 0.961. The van der Waals surface area contributed by atoms with E-state index in [1.54, 1.807) is 30.3 Å². The molecule has 82 valence electrons. The molecule has 1 aromatic heterocycles. The fourth-order valence-corrected chi connectivity index (χ4v) is 1.93. The van der Waals surface area contributed by atoms with E-state index in [4.69, 9.17) is 5.11 Å². The minimum absolute atomic E-state index is 0.0666.